The van der Waals surface area contributed by atoms with E-state index in [1.165, 1.54) is 17.7 Å². The van der Waals surface area contributed by atoms with Crippen LogP contribution in [0.5, 0.6) is 5.75 Å². The van der Waals surface area contributed by atoms with Crippen molar-refractivity contribution < 1.29 is 4.74 Å². The lowest BCUT2D eigenvalue weighted by Gasteiger charge is -2.09. The van der Waals surface area contributed by atoms with Crippen molar-refractivity contribution in [3.05, 3.63) is 41.1 Å². The van der Waals surface area contributed by atoms with Crippen molar-refractivity contribution in [2.24, 2.45) is 4.99 Å². The van der Waals surface area contributed by atoms with Crippen molar-refractivity contribution in [3.63, 3.8) is 0 Å². The Hall–Kier alpha value is -1.33. The van der Waals surface area contributed by atoms with Crippen LogP contribution in [0.3, 0.4) is 0 Å². The zero-order valence-corrected chi connectivity index (χ0v) is 14.7. The highest BCUT2D eigenvalue weighted by Gasteiger charge is 2.16. The topological polar surface area (TPSA) is 33.6 Å². The number of hydrogen-bond donors (Lipinski definition) is 1. The van der Waals surface area contributed by atoms with Crippen molar-refractivity contribution in [2.45, 2.75) is 19.3 Å². The fraction of sp³-hybridized carbons (Fsp3) is 0.412. The average Bonchev–Trinajstić information content (AvgIpc) is 3.02. The molecule has 0 unspecified atom stereocenters. The Morgan fingerprint density at radius 3 is 3.00 bits per heavy atom. The number of ether oxygens (including phenoxy) is 1. The highest BCUT2D eigenvalue weighted by Crippen LogP contribution is 2.28. The molecule has 0 spiro atoms. The van der Waals surface area contributed by atoms with E-state index in [1.54, 1.807) is 18.9 Å². The van der Waals surface area contributed by atoms with Gasteiger partial charge in [-0.2, -0.15) is 0 Å². The summed E-state index contributed by atoms with van der Waals surface area (Å²) in [4.78, 5) is 4.47. The number of nitrogens with one attached hydrogen (secondary N) is 1. The molecule has 0 radical (unpaired) electrons. The first-order chi connectivity index (χ1) is 10.8. The van der Waals surface area contributed by atoms with Gasteiger partial charge in [-0.3, -0.25) is 4.99 Å². The van der Waals surface area contributed by atoms with Crippen LogP contribution in [0.15, 0.2) is 40.5 Å². The second kappa shape index (κ2) is 8.96. The molecule has 2 rings (SSSR count). The largest absolute Gasteiger partial charge is 0.496 e. The lowest BCUT2D eigenvalue weighted by Crippen LogP contribution is -2.18. The van der Waals surface area contributed by atoms with Crippen LogP contribution >= 0.6 is 24.0 Å². The fourth-order valence-corrected chi connectivity index (χ4v) is 3.19. The van der Waals surface area contributed by atoms with Crippen molar-refractivity contribution in [2.75, 3.05) is 26.5 Å². The van der Waals surface area contributed by atoms with Gasteiger partial charge in [-0.05, 0) is 43.2 Å². The number of methoxy groups -OCH3 is 1. The van der Waals surface area contributed by atoms with E-state index >= 15 is 0 Å². The molecule has 0 fully saturated rings. The summed E-state index contributed by atoms with van der Waals surface area (Å²) in [6, 6.07) is 7.89. The van der Waals surface area contributed by atoms with Gasteiger partial charge < -0.3 is 10.1 Å². The molecule has 3 nitrogen and oxygen atoms in total. The first kappa shape index (κ1) is 17.0. The second-order valence-electron chi connectivity index (χ2n) is 5.01. The van der Waals surface area contributed by atoms with E-state index in [0.717, 1.165) is 41.4 Å². The molecular formula is C17H22N2OS2. The summed E-state index contributed by atoms with van der Waals surface area (Å²) in [5.41, 5.74) is 3.65. The number of aliphatic imine (C=N–C) groups is 1. The lowest BCUT2D eigenvalue weighted by atomic mass is 10.2. The minimum atomic E-state index is 0.737. The molecule has 0 aromatic heterocycles. The van der Waals surface area contributed by atoms with Gasteiger partial charge in [0, 0.05) is 24.0 Å². The van der Waals surface area contributed by atoms with E-state index < -0.39 is 0 Å². The summed E-state index contributed by atoms with van der Waals surface area (Å²) in [7, 11) is 1.68. The molecule has 118 valence electrons. The highest BCUT2D eigenvalue weighted by molar-refractivity contribution is 8.23. The Balaban J connectivity index is 1.84. The van der Waals surface area contributed by atoms with Crippen LogP contribution in [0.25, 0.3) is 0 Å². The molecule has 0 saturated carbocycles. The second-order valence-corrected chi connectivity index (χ2v) is 6.49. The number of thiocarbonyl (C=S) groups is 1. The van der Waals surface area contributed by atoms with Crippen LogP contribution in [0, 0.1) is 0 Å². The zero-order valence-electron chi connectivity index (χ0n) is 13.1. The van der Waals surface area contributed by atoms with Crippen LogP contribution in [-0.4, -0.2) is 36.9 Å². The molecule has 0 aliphatic heterocycles. The molecule has 0 atom stereocenters. The number of thioether (sulfide) groups is 1. The number of nitrogens with zero attached hydrogens (tertiary/aromatic N) is 1. The van der Waals surface area contributed by atoms with Crippen LogP contribution in [0.1, 0.15) is 24.8 Å². The quantitative estimate of drug-likeness (QED) is 0.467. The van der Waals surface area contributed by atoms with Gasteiger partial charge in [-0.15, -0.1) is 11.8 Å². The van der Waals surface area contributed by atoms with Gasteiger partial charge in [0.2, 0.25) is 0 Å². The molecule has 1 aromatic rings. The number of allylic oxidation sites excluding steroid dienone is 1. The maximum Gasteiger partial charge on any atom is 0.127 e. The molecule has 1 aliphatic carbocycles. The van der Waals surface area contributed by atoms with E-state index in [9.17, 15) is 0 Å². The average molecular weight is 335 g/mol. The maximum absolute atomic E-state index is 5.41. The van der Waals surface area contributed by atoms with Crippen LogP contribution in [-0.2, 0) is 0 Å². The predicted molar refractivity (Wildman–Crippen MR) is 100 cm³/mol. The van der Waals surface area contributed by atoms with Crippen molar-refractivity contribution in [3.8, 4) is 5.75 Å². The fourth-order valence-electron chi connectivity index (χ4n) is 2.49. The van der Waals surface area contributed by atoms with Crippen LogP contribution in [0.2, 0.25) is 0 Å². The molecule has 0 saturated heterocycles. The number of para-hydroxylation sites is 1. The molecular weight excluding hydrogens is 312 g/mol. The number of rotatable bonds is 7. The van der Waals surface area contributed by atoms with Crippen molar-refractivity contribution in [1.82, 2.24) is 5.32 Å². The van der Waals surface area contributed by atoms with E-state index in [-0.39, 0.29) is 0 Å². The Morgan fingerprint density at radius 1 is 1.41 bits per heavy atom. The van der Waals surface area contributed by atoms with Gasteiger partial charge in [-0.25, -0.2) is 0 Å². The Bertz CT molecular complexity index is 582. The third kappa shape index (κ3) is 4.58. The molecule has 1 aromatic carbocycles. The summed E-state index contributed by atoms with van der Waals surface area (Å²) in [5.74, 6) is 0.852. The molecule has 0 heterocycles. The Kier molecular flexibility index (Phi) is 6.93. The summed E-state index contributed by atoms with van der Waals surface area (Å²) < 4.78 is 6.33. The van der Waals surface area contributed by atoms with Gasteiger partial charge >= 0.3 is 0 Å². The third-order valence-electron chi connectivity index (χ3n) is 3.60. The van der Waals surface area contributed by atoms with Gasteiger partial charge in [0.25, 0.3) is 0 Å². The smallest absolute Gasteiger partial charge is 0.127 e. The third-order valence-corrected chi connectivity index (χ3v) is 4.96. The van der Waals surface area contributed by atoms with Crippen molar-refractivity contribution >= 4 is 34.4 Å². The van der Waals surface area contributed by atoms with Gasteiger partial charge in [-0.1, -0.05) is 24.4 Å². The predicted octanol–water partition coefficient (Wildman–Crippen LogP) is 3.83. The highest BCUT2D eigenvalue weighted by atomic mass is 32.2. The molecule has 22 heavy (non-hydrogen) atoms. The lowest BCUT2D eigenvalue weighted by molar-refractivity contribution is 0.414. The summed E-state index contributed by atoms with van der Waals surface area (Å²) in [6.45, 7) is 1.57. The van der Waals surface area contributed by atoms with E-state index in [0.29, 0.717) is 0 Å². The van der Waals surface area contributed by atoms with Gasteiger partial charge in [0.15, 0.2) is 0 Å². The monoisotopic (exact) mass is 334 g/mol. The van der Waals surface area contributed by atoms with E-state index in [1.807, 2.05) is 36.7 Å². The Labute approximate surface area is 142 Å². The van der Waals surface area contributed by atoms with Gasteiger partial charge in [0.1, 0.15) is 5.75 Å². The zero-order chi connectivity index (χ0) is 15.8. The van der Waals surface area contributed by atoms with Crippen molar-refractivity contribution in [1.29, 1.82) is 0 Å². The summed E-state index contributed by atoms with van der Waals surface area (Å²) in [5, 5.41) is 3.50. The maximum atomic E-state index is 5.41. The molecule has 1 N–H and O–H groups in total. The minimum absolute atomic E-state index is 0.737. The molecule has 1 aliphatic rings. The van der Waals surface area contributed by atoms with Gasteiger partial charge in [0.05, 0.1) is 17.9 Å². The SMILES string of the molecule is COc1ccccc1C=NCCNC1=C(C(=S)SC)CCC1. The minimum Gasteiger partial charge on any atom is -0.496 e. The molecule has 0 amide bonds. The van der Waals surface area contributed by atoms with Crippen LogP contribution < -0.4 is 10.1 Å². The number of hydrogen-bond acceptors (Lipinski definition) is 5. The standard InChI is InChI=1S/C17H22N2OS2/c1-20-16-9-4-3-6-13(16)12-18-10-11-19-15-8-5-7-14(15)17(21)22-2/h3-4,6,9,12,19H,5,7-8,10-11H2,1-2H3. The first-order valence-electron chi connectivity index (χ1n) is 7.43. The van der Waals surface area contributed by atoms with E-state index in [2.05, 4.69) is 10.3 Å². The van der Waals surface area contributed by atoms with Crippen LogP contribution in [0.4, 0.5) is 0 Å². The first-order valence-corrected chi connectivity index (χ1v) is 9.06. The number of benzene rings is 1. The summed E-state index contributed by atoms with van der Waals surface area (Å²) >= 11 is 7.07. The summed E-state index contributed by atoms with van der Waals surface area (Å²) in [6.07, 6.45) is 7.32. The molecule has 0 bridgehead atoms. The normalized spacial score (nSPS) is 14.6. The van der Waals surface area contributed by atoms with E-state index in [4.69, 9.17) is 17.0 Å². The Morgan fingerprint density at radius 2 is 2.23 bits per heavy atom. The molecule has 5 heteroatoms.